The van der Waals surface area contributed by atoms with Crippen LogP contribution >= 0.6 is 0 Å². The van der Waals surface area contributed by atoms with E-state index in [4.69, 9.17) is 9.16 Å². The molecule has 0 radical (unpaired) electrons. The molecule has 0 aromatic heterocycles. The Morgan fingerprint density at radius 2 is 1.56 bits per heavy atom. The molecule has 3 rings (SSSR count). The maximum absolute atomic E-state index is 12.1. The molecular weight excluding hydrogens is 352 g/mol. The molecule has 0 N–H and O–H groups in total. The fraction of sp³-hybridized carbons (Fsp3) is 0.348. The van der Waals surface area contributed by atoms with Crippen molar-refractivity contribution >= 4 is 24.7 Å². The van der Waals surface area contributed by atoms with Crippen molar-refractivity contribution in [2.75, 3.05) is 0 Å². The maximum Gasteiger partial charge on any atom is 0.308 e. The van der Waals surface area contributed by atoms with Gasteiger partial charge in [0.2, 0.25) is 0 Å². The first kappa shape index (κ1) is 19.6. The molecule has 2 atom stereocenters. The van der Waals surface area contributed by atoms with Crippen molar-refractivity contribution < 1.29 is 14.0 Å². The number of ether oxygens (including phenoxy) is 1. The molecule has 27 heavy (non-hydrogen) atoms. The standard InChI is InChI=1S/C23H28O3Si/c1-5-18-16-19(17-22(24)25-18)26-27(23(2,3)4,20-12-8-6-9-13-20)21-14-10-7-11-15-21/h5-15,18-19H,1,16-17H2,2-4H3/t18-,19-/m0/s1. The van der Waals surface area contributed by atoms with Crippen LogP contribution in [0.2, 0.25) is 5.04 Å². The van der Waals surface area contributed by atoms with Gasteiger partial charge in [-0.1, -0.05) is 94.1 Å². The lowest BCUT2D eigenvalue weighted by Crippen LogP contribution is -2.68. The predicted molar refractivity (Wildman–Crippen MR) is 112 cm³/mol. The number of carbonyl (C=O) groups excluding carboxylic acids is 1. The van der Waals surface area contributed by atoms with Crippen LogP contribution in [-0.4, -0.2) is 26.5 Å². The topological polar surface area (TPSA) is 35.5 Å². The largest absolute Gasteiger partial charge is 0.458 e. The van der Waals surface area contributed by atoms with E-state index in [1.807, 2.05) is 12.1 Å². The molecule has 1 saturated heterocycles. The molecule has 0 aliphatic carbocycles. The summed E-state index contributed by atoms with van der Waals surface area (Å²) < 4.78 is 12.4. The molecule has 0 spiro atoms. The van der Waals surface area contributed by atoms with E-state index in [1.54, 1.807) is 6.08 Å². The monoisotopic (exact) mass is 380 g/mol. The second-order valence-corrected chi connectivity index (χ2v) is 12.4. The number of esters is 1. The zero-order chi connectivity index (χ0) is 19.5. The van der Waals surface area contributed by atoms with Crippen LogP contribution in [0.1, 0.15) is 33.6 Å². The Morgan fingerprint density at radius 1 is 1.04 bits per heavy atom. The minimum absolute atomic E-state index is 0.110. The fourth-order valence-corrected chi connectivity index (χ4v) is 8.66. The van der Waals surface area contributed by atoms with Gasteiger partial charge >= 0.3 is 5.97 Å². The van der Waals surface area contributed by atoms with Crippen LogP contribution < -0.4 is 10.4 Å². The number of benzene rings is 2. The lowest BCUT2D eigenvalue weighted by atomic mass is 10.1. The summed E-state index contributed by atoms with van der Waals surface area (Å²) in [5, 5.41) is 2.33. The van der Waals surface area contributed by atoms with E-state index in [-0.39, 0.29) is 29.6 Å². The summed E-state index contributed by atoms with van der Waals surface area (Å²) in [5.41, 5.74) is 0. The molecule has 2 aromatic rings. The Hall–Kier alpha value is -2.17. The first-order valence-electron chi connectivity index (χ1n) is 9.48. The normalized spacial score (nSPS) is 20.8. The molecule has 3 nitrogen and oxygen atoms in total. The van der Waals surface area contributed by atoms with Crippen LogP contribution in [0.5, 0.6) is 0 Å². The van der Waals surface area contributed by atoms with Gasteiger partial charge in [0.15, 0.2) is 0 Å². The van der Waals surface area contributed by atoms with Crippen LogP contribution in [-0.2, 0) is 14.0 Å². The van der Waals surface area contributed by atoms with Gasteiger partial charge in [-0.25, -0.2) is 0 Å². The minimum atomic E-state index is -2.65. The van der Waals surface area contributed by atoms with Crippen molar-refractivity contribution in [1.82, 2.24) is 0 Å². The van der Waals surface area contributed by atoms with Gasteiger partial charge in [0.25, 0.3) is 8.32 Å². The summed E-state index contributed by atoms with van der Waals surface area (Å²) in [7, 11) is -2.65. The van der Waals surface area contributed by atoms with Gasteiger partial charge in [-0.05, 0) is 15.4 Å². The summed E-state index contributed by atoms with van der Waals surface area (Å²) in [4.78, 5) is 12.1. The van der Waals surface area contributed by atoms with Gasteiger partial charge in [-0.15, -0.1) is 0 Å². The van der Waals surface area contributed by atoms with E-state index >= 15 is 0 Å². The molecule has 0 amide bonds. The molecule has 0 unspecified atom stereocenters. The number of rotatable bonds is 5. The third kappa shape index (κ3) is 3.92. The van der Waals surface area contributed by atoms with Gasteiger partial charge in [-0.3, -0.25) is 4.79 Å². The number of hydrogen-bond acceptors (Lipinski definition) is 3. The Kier molecular flexibility index (Phi) is 5.68. The van der Waals surface area contributed by atoms with Crippen LogP contribution in [0.25, 0.3) is 0 Å². The summed E-state index contributed by atoms with van der Waals surface area (Å²) in [6.07, 6.45) is 2.17. The lowest BCUT2D eigenvalue weighted by molar-refractivity contribution is -0.155. The molecule has 1 fully saturated rings. The summed E-state index contributed by atoms with van der Waals surface area (Å²) >= 11 is 0. The third-order valence-electron chi connectivity index (χ3n) is 5.20. The molecular formula is C23H28O3Si. The third-order valence-corrected chi connectivity index (χ3v) is 10.3. The average molecular weight is 381 g/mol. The van der Waals surface area contributed by atoms with Gasteiger partial charge < -0.3 is 9.16 Å². The van der Waals surface area contributed by atoms with E-state index in [0.29, 0.717) is 6.42 Å². The fourth-order valence-electron chi connectivity index (χ4n) is 3.97. The summed E-state index contributed by atoms with van der Waals surface area (Å²) in [6, 6.07) is 21.0. The zero-order valence-electron chi connectivity index (χ0n) is 16.4. The zero-order valence-corrected chi connectivity index (χ0v) is 17.4. The Morgan fingerprint density at radius 3 is 2.00 bits per heavy atom. The maximum atomic E-state index is 12.1. The molecule has 1 aliphatic heterocycles. The molecule has 2 aromatic carbocycles. The Balaban J connectivity index is 2.12. The lowest BCUT2D eigenvalue weighted by Gasteiger charge is -2.46. The van der Waals surface area contributed by atoms with Crippen molar-refractivity contribution in [1.29, 1.82) is 0 Å². The van der Waals surface area contributed by atoms with Crippen molar-refractivity contribution in [2.45, 2.75) is 50.9 Å². The molecule has 0 saturated carbocycles. The quantitative estimate of drug-likeness (QED) is 0.449. The van der Waals surface area contributed by atoms with Crippen LogP contribution in [0.15, 0.2) is 73.3 Å². The highest BCUT2D eigenvalue weighted by atomic mass is 28.4. The van der Waals surface area contributed by atoms with Crippen molar-refractivity contribution in [3.8, 4) is 0 Å². The smallest absolute Gasteiger partial charge is 0.308 e. The van der Waals surface area contributed by atoms with E-state index in [0.717, 1.165) is 0 Å². The van der Waals surface area contributed by atoms with Crippen molar-refractivity contribution in [3.05, 3.63) is 73.3 Å². The van der Waals surface area contributed by atoms with Crippen LogP contribution in [0.4, 0.5) is 0 Å². The first-order chi connectivity index (χ1) is 12.9. The van der Waals surface area contributed by atoms with E-state index in [1.165, 1.54) is 10.4 Å². The average Bonchev–Trinajstić information content (AvgIpc) is 2.66. The molecule has 1 aliphatic rings. The molecule has 1 heterocycles. The van der Waals surface area contributed by atoms with Crippen LogP contribution in [0.3, 0.4) is 0 Å². The summed E-state index contributed by atoms with van der Waals surface area (Å²) in [6.45, 7) is 10.5. The molecule has 4 heteroatoms. The van der Waals surface area contributed by atoms with Gasteiger partial charge in [0.1, 0.15) is 6.10 Å². The SMILES string of the molecule is C=C[C@H]1C[C@H](O[Si](c2ccccc2)(c2ccccc2)C(C)(C)C)CC(=O)O1. The van der Waals surface area contributed by atoms with Gasteiger partial charge in [-0.2, -0.15) is 0 Å². The number of hydrogen-bond donors (Lipinski definition) is 0. The van der Waals surface area contributed by atoms with Crippen LogP contribution in [0, 0.1) is 0 Å². The highest BCUT2D eigenvalue weighted by Gasteiger charge is 2.52. The highest BCUT2D eigenvalue weighted by Crippen LogP contribution is 2.39. The molecule has 0 bridgehead atoms. The second-order valence-electron chi connectivity index (χ2n) is 8.11. The van der Waals surface area contributed by atoms with Gasteiger partial charge in [0.05, 0.1) is 12.5 Å². The van der Waals surface area contributed by atoms with Crippen molar-refractivity contribution in [3.63, 3.8) is 0 Å². The van der Waals surface area contributed by atoms with E-state index in [2.05, 4.69) is 75.9 Å². The summed E-state index contributed by atoms with van der Waals surface area (Å²) in [5.74, 6) is -0.214. The number of cyclic esters (lactones) is 1. The van der Waals surface area contributed by atoms with Gasteiger partial charge in [0, 0.05) is 6.42 Å². The minimum Gasteiger partial charge on any atom is -0.458 e. The Bertz CT molecular complexity index is 741. The van der Waals surface area contributed by atoms with E-state index < -0.39 is 8.32 Å². The Labute approximate surface area is 163 Å². The number of carbonyl (C=O) groups is 1. The second kappa shape index (κ2) is 7.83. The van der Waals surface area contributed by atoms with Crippen molar-refractivity contribution in [2.24, 2.45) is 0 Å². The first-order valence-corrected chi connectivity index (χ1v) is 11.4. The van der Waals surface area contributed by atoms with E-state index in [9.17, 15) is 4.79 Å². The molecule has 142 valence electrons. The predicted octanol–water partition coefficient (Wildman–Crippen LogP) is 3.82. The highest BCUT2D eigenvalue weighted by molar-refractivity contribution is 6.99.